The van der Waals surface area contributed by atoms with Crippen molar-refractivity contribution in [3.63, 3.8) is 0 Å². The molecular weight excluding hydrogens is 374 g/mol. The van der Waals surface area contributed by atoms with E-state index >= 15 is 0 Å². The van der Waals surface area contributed by atoms with Crippen LogP contribution in [-0.2, 0) is 24.4 Å². The Balaban J connectivity index is 2.03. The van der Waals surface area contributed by atoms with Crippen LogP contribution in [0.4, 0.5) is 0 Å². The Labute approximate surface area is 156 Å². The Bertz CT molecular complexity index is 913. The first-order valence-electron chi connectivity index (χ1n) is 8.24. The summed E-state index contributed by atoms with van der Waals surface area (Å²) >= 11 is 0. The molecule has 3 rings (SSSR count). The first kappa shape index (κ1) is 19.2. The highest BCUT2D eigenvalue weighted by Gasteiger charge is 2.59. The molecule has 0 amide bonds. The zero-order valence-electron chi connectivity index (χ0n) is 14.7. The van der Waals surface area contributed by atoms with E-state index in [-0.39, 0.29) is 24.2 Å². The van der Waals surface area contributed by atoms with Gasteiger partial charge in [-0.2, -0.15) is 4.31 Å². The second-order valence-corrected chi connectivity index (χ2v) is 8.71. The number of carbonyl (C=O) groups excluding carboxylic acids is 2. The van der Waals surface area contributed by atoms with Crippen LogP contribution in [0.5, 0.6) is 5.75 Å². The molecule has 0 aromatic heterocycles. The molecule has 1 saturated heterocycles. The minimum atomic E-state index is -4.22. The molecule has 1 heterocycles. The maximum atomic E-state index is 13.0. The topological polar surface area (TPSA) is 118 Å². The van der Waals surface area contributed by atoms with E-state index in [1.54, 1.807) is 0 Å². The molecule has 27 heavy (non-hydrogen) atoms. The molecule has 0 radical (unpaired) electrons. The molecule has 2 fully saturated rings. The molecule has 0 unspecified atom stereocenters. The van der Waals surface area contributed by atoms with Crippen molar-refractivity contribution in [3.05, 3.63) is 36.4 Å². The van der Waals surface area contributed by atoms with Crippen LogP contribution in [0, 0.1) is 5.41 Å². The number of ether oxygens (including phenoxy) is 1. The number of Topliss-reactive ketones (excluding diaryl/α,β-unsaturated/α-hetero) is 2. The summed E-state index contributed by atoms with van der Waals surface area (Å²) in [6, 6.07) is 3.98. The Morgan fingerprint density at radius 3 is 2.26 bits per heavy atom. The average molecular weight is 393 g/mol. The normalized spacial score (nSPS) is 23.0. The molecule has 1 aromatic carbocycles. The van der Waals surface area contributed by atoms with Crippen LogP contribution in [0.3, 0.4) is 0 Å². The number of rotatable bonds is 4. The van der Waals surface area contributed by atoms with Gasteiger partial charge in [-0.15, -0.1) is 0 Å². The third-order valence-electron chi connectivity index (χ3n) is 5.15. The number of allylic oxidation sites excluding steroid dienone is 1. The van der Waals surface area contributed by atoms with Crippen LogP contribution in [0.15, 0.2) is 41.3 Å². The van der Waals surface area contributed by atoms with Crippen LogP contribution >= 0.6 is 0 Å². The van der Waals surface area contributed by atoms with Crippen molar-refractivity contribution in [1.29, 1.82) is 0 Å². The minimum absolute atomic E-state index is 0.0471. The fourth-order valence-corrected chi connectivity index (χ4v) is 5.27. The van der Waals surface area contributed by atoms with E-state index in [9.17, 15) is 27.9 Å². The monoisotopic (exact) mass is 393 g/mol. The second kappa shape index (κ2) is 6.58. The molecule has 1 aliphatic carbocycles. The SMILES string of the molecule is C=C1CC(=O)C2(C[C@H](C(=O)O)N(S(=O)(=O)c3ccc(OC)cc3)C2)C(=O)C1. The highest BCUT2D eigenvalue weighted by atomic mass is 32.2. The second-order valence-electron chi connectivity index (χ2n) is 6.82. The summed E-state index contributed by atoms with van der Waals surface area (Å²) in [6.45, 7) is 3.18. The van der Waals surface area contributed by atoms with E-state index < -0.39 is 45.6 Å². The lowest BCUT2D eigenvalue weighted by Gasteiger charge is -2.30. The lowest BCUT2D eigenvalue weighted by molar-refractivity contribution is -0.142. The number of benzene rings is 1. The molecule has 1 atom stereocenters. The standard InChI is InChI=1S/C18H19NO7S/c1-11-7-15(20)18(16(21)8-11)9-14(17(22)23)19(10-18)27(24,25)13-5-3-12(26-2)4-6-13/h3-6,14H,1,7-10H2,2H3,(H,22,23)/t14-/m1/s1. The number of hydrogen-bond acceptors (Lipinski definition) is 6. The molecule has 144 valence electrons. The van der Waals surface area contributed by atoms with E-state index in [0.717, 1.165) is 4.31 Å². The van der Waals surface area contributed by atoms with Crippen molar-refractivity contribution in [2.75, 3.05) is 13.7 Å². The van der Waals surface area contributed by atoms with E-state index in [2.05, 4.69) is 6.58 Å². The molecule has 8 nitrogen and oxygen atoms in total. The van der Waals surface area contributed by atoms with Gasteiger partial charge in [0.2, 0.25) is 10.0 Å². The van der Waals surface area contributed by atoms with Gasteiger partial charge in [-0.1, -0.05) is 12.2 Å². The molecular formula is C18H19NO7S. The van der Waals surface area contributed by atoms with Crippen molar-refractivity contribution in [3.8, 4) is 5.75 Å². The van der Waals surface area contributed by atoms with Crippen molar-refractivity contribution in [2.45, 2.75) is 30.2 Å². The third kappa shape index (κ3) is 3.06. The highest BCUT2D eigenvalue weighted by Crippen LogP contribution is 2.45. The number of methoxy groups -OCH3 is 1. The third-order valence-corrected chi connectivity index (χ3v) is 7.02. The fourth-order valence-electron chi connectivity index (χ4n) is 3.63. The number of sulfonamides is 1. The average Bonchev–Trinajstić information content (AvgIpc) is 3.03. The summed E-state index contributed by atoms with van der Waals surface area (Å²) < 4.78 is 31.8. The molecule has 1 aromatic rings. The van der Waals surface area contributed by atoms with Crippen LogP contribution in [0.1, 0.15) is 19.3 Å². The predicted octanol–water partition coefficient (Wildman–Crippen LogP) is 1.02. The summed E-state index contributed by atoms with van der Waals surface area (Å²) in [4.78, 5) is 36.8. The zero-order chi connectivity index (χ0) is 20.0. The predicted molar refractivity (Wildman–Crippen MR) is 93.7 cm³/mol. The molecule has 2 aliphatic rings. The number of carboxylic acid groups (broad SMARTS) is 1. The fraction of sp³-hybridized carbons (Fsp3) is 0.389. The lowest BCUT2D eigenvalue weighted by atomic mass is 9.69. The van der Waals surface area contributed by atoms with Crippen molar-refractivity contribution < 1.29 is 32.6 Å². The minimum Gasteiger partial charge on any atom is -0.497 e. The molecule has 1 spiro atoms. The quantitative estimate of drug-likeness (QED) is 0.599. The molecule has 0 bridgehead atoms. The Morgan fingerprint density at radius 2 is 1.78 bits per heavy atom. The van der Waals surface area contributed by atoms with Crippen LogP contribution in [-0.4, -0.2) is 55.1 Å². The largest absolute Gasteiger partial charge is 0.497 e. The number of carboxylic acids is 1. The van der Waals surface area contributed by atoms with Crippen molar-refractivity contribution in [2.24, 2.45) is 5.41 Å². The van der Waals surface area contributed by atoms with E-state index in [1.807, 2.05) is 0 Å². The zero-order valence-corrected chi connectivity index (χ0v) is 15.5. The number of hydrogen-bond donors (Lipinski definition) is 1. The van der Waals surface area contributed by atoms with Gasteiger partial charge in [0.1, 0.15) is 17.2 Å². The van der Waals surface area contributed by atoms with E-state index in [4.69, 9.17) is 4.74 Å². The molecule has 1 aliphatic heterocycles. The first-order valence-corrected chi connectivity index (χ1v) is 9.68. The highest BCUT2D eigenvalue weighted by molar-refractivity contribution is 7.89. The van der Waals surface area contributed by atoms with Gasteiger partial charge in [0.15, 0.2) is 11.6 Å². The number of nitrogens with zero attached hydrogens (tertiary/aromatic N) is 1. The van der Waals surface area contributed by atoms with E-state index in [0.29, 0.717) is 11.3 Å². The number of ketones is 2. The summed E-state index contributed by atoms with van der Waals surface area (Å²) in [5, 5.41) is 9.55. The summed E-state index contributed by atoms with van der Waals surface area (Å²) in [6.07, 6.45) is -0.453. The molecule has 1 N–H and O–H groups in total. The summed E-state index contributed by atoms with van der Waals surface area (Å²) in [7, 11) is -2.79. The van der Waals surface area contributed by atoms with Crippen molar-refractivity contribution in [1.82, 2.24) is 4.31 Å². The lowest BCUT2D eigenvalue weighted by Crippen LogP contribution is -2.46. The molecule has 1 saturated carbocycles. The van der Waals surface area contributed by atoms with Crippen LogP contribution in [0.25, 0.3) is 0 Å². The van der Waals surface area contributed by atoms with Crippen LogP contribution in [0.2, 0.25) is 0 Å². The summed E-state index contributed by atoms with van der Waals surface area (Å²) in [5.41, 5.74) is -1.16. The van der Waals surface area contributed by atoms with Gasteiger partial charge < -0.3 is 9.84 Å². The molecule has 9 heteroatoms. The maximum Gasteiger partial charge on any atom is 0.322 e. The maximum absolute atomic E-state index is 13.0. The number of carbonyl (C=O) groups is 3. The van der Waals surface area contributed by atoms with Crippen molar-refractivity contribution >= 4 is 27.6 Å². The van der Waals surface area contributed by atoms with Gasteiger partial charge in [0.25, 0.3) is 0 Å². The number of aliphatic carboxylic acids is 1. The van der Waals surface area contributed by atoms with Gasteiger partial charge in [-0.05, 0) is 30.7 Å². The van der Waals surface area contributed by atoms with Gasteiger partial charge in [0, 0.05) is 19.4 Å². The van der Waals surface area contributed by atoms with Crippen LogP contribution < -0.4 is 4.74 Å². The summed E-state index contributed by atoms with van der Waals surface area (Å²) in [5.74, 6) is -1.89. The van der Waals surface area contributed by atoms with Gasteiger partial charge in [-0.25, -0.2) is 8.42 Å². The smallest absolute Gasteiger partial charge is 0.322 e. The van der Waals surface area contributed by atoms with Gasteiger partial charge in [-0.3, -0.25) is 14.4 Å². The Kier molecular flexibility index (Phi) is 4.69. The first-order chi connectivity index (χ1) is 12.6. The van der Waals surface area contributed by atoms with E-state index in [1.165, 1.54) is 31.4 Å². The van der Waals surface area contributed by atoms with Gasteiger partial charge in [0.05, 0.1) is 12.0 Å². The Hall–Kier alpha value is -2.52. The Morgan fingerprint density at radius 1 is 1.22 bits per heavy atom. The van der Waals surface area contributed by atoms with Gasteiger partial charge >= 0.3 is 5.97 Å².